The predicted octanol–water partition coefficient (Wildman–Crippen LogP) is 3.29. The Labute approximate surface area is 171 Å². The van der Waals surface area contributed by atoms with Gasteiger partial charge in [0.2, 0.25) is 5.91 Å². The summed E-state index contributed by atoms with van der Waals surface area (Å²) >= 11 is 1.02. The first-order valence-electron chi connectivity index (χ1n) is 8.81. The standard InChI is InChI=1S/C20H19N3O5S/c1-3-27-19(26)17-16(13-8-5-4-6-9-13)22-20(29-17)21-15(24)12-23(2)18(25)14-10-7-11-28-14/h4-11H,3,12H2,1-2H3,(H,21,22,24). The van der Waals surface area contributed by atoms with Crippen molar-refractivity contribution in [2.24, 2.45) is 0 Å². The molecule has 0 saturated heterocycles. The number of amides is 2. The van der Waals surface area contributed by atoms with Gasteiger partial charge in [-0.05, 0) is 19.1 Å². The Morgan fingerprint density at radius 2 is 1.93 bits per heavy atom. The number of esters is 1. The van der Waals surface area contributed by atoms with Crippen molar-refractivity contribution in [3.8, 4) is 11.3 Å². The number of ether oxygens (including phenoxy) is 1. The van der Waals surface area contributed by atoms with Crippen LogP contribution in [0.2, 0.25) is 0 Å². The van der Waals surface area contributed by atoms with E-state index in [1.54, 1.807) is 13.0 Å². The molecule has 3 aromatic rings. The summed E-state index contributed by atoms with van der Waals surface area (Å²) in [5.41, 5.74) is 1.17. The summed E-state index contributed by atoms with van der Waals surface area (Å²) in [4.78, 5) is 42.8. The van der Waals surface area contributed by atoms with E-state index in [1.165, 1.54) is 24.3 Å². The summed E-state index contributed by atoms with van der Waals surface area (Å²) in [6.07, 6.45) is 1.39. The van der Waals surface area contributed by atoms with Crippen LogP contribution in [-0.4, -0.2) is 47.9 Å². The smallest absolute Gasteiger partial charge is 0.350 e. The van der Waals surface area contributed by atoms with Gasteiger partial charge in [-0.25, -0.2) is 9.78 Å². The summed E-state index contributed by atoms with van der Waals surface area (Å²) in [5.74, 6) is -1.22. The maximum absolute atomic E-state index is 12.4. The average molecular weight is 413 g/mol. The van der Waals surface area contributed by atoms with E-state index in [0.29, 0.717) is 10.6 Å². The van der Waals surface area contributed by atoms with E-state index in [1.807, 2.05) is 30.3 Å². The van der Waals surface area contributed by atoms with Gasteiger partial charge < -0.3 is 19.4 Å². The predicted molar refractivity (Wildman–Crippen MR) is 108 cm³/mol. The van der Waals surface area contributed by atoms with Gasteiger partial charge in [0, 0.05) is 12.6 Å². The molecule has 0 atom stereocenters. The molecule has 0 aliphatic heterocycles. The topological polar surface area (TPSA) is 102 Å². The number of furan rings is 1. The highest BCUT2D eigenvalue weighted by atomic mass is 32.1. The van der Waals surface area contributed by atoms with Crippen LogP contribution in [-0.2, 0) is 9.53 Å². The molecule has 150 valence electrons. The molecule has 1 aromatic carbocycles. The fourth-order valence-electron chi connectivity index (χ4n) is 2.53. The Bertz CT molecular complexity index is 999. The van der Waals surface area contributed by atoms with Gasteiger partial charge in [-0.15, -0.1) is 0 Å². The van der Waals surface area contributed by atoms with Crippen molar-refractivity contribution in [2.75, 3.05) is 25.5 Å². The second kappa shape index (κ2) is 9.16. The van der Waals surface area contributed by atoms with E-state index < -0.39 is 17.8 Å². The number of carbonyl (C=O) groups is 3. The van der Waals surface area contributed by atoms with Gasteiger partial charge in [0.15, 0.2) is 10.9 Å². The van der Waals surface area contributed by atoms with Gasteiger partial charge in [0.05, 0.1) is 18.6 Å². The van der Waals surface area contributed by atoms with E-state index in [2.05, 4.69) is 10.3 Å². The molecule has 2 heterocycles. The van der Waals surface area contributed by atoms with Crippen LogP contribution in [0.1, 0.15) is 27.2 Å². The van der Waals surface area contributed by atoms with Crippen LogP contribution in [0.4, 0.5) is 5.13 Å². The third-order valence-electron chi connectivity index (χ3n) is 3.84. The van der Waals surface area contributed by atoms with Gasteiger partial charge in [-0.1, -0.05) is 41.7 Å². The Hall–Kier alpha value is -3.46. The maximum atomic E-state index is 12.4. The molecule has 0 spiro atoms. The SMILES string of the molecule is CCOC(=O)c1sc(NC(=O)CN(C)C(=O)c2ccco2)nc1-c1ccccc1. The Kier molecular flexibility index (Phi) is 6.40. The molecule has 8 nitrogen and oxygen atoms in total. The number of nitrogens with one attached hydrogen (secondary N) is 1. The minimum atomic E-state index is -0.505. The largest absolute Gasteiger partial charge is 0.462 e. The van der Waals surface area contributed by atoms with Gasteiger partial charge in [-0.3, -0.25) is 9.59 Å². The zero-order valence-electron chi connectivity index (χ0n) is 15.9. The van der Waals surface area contributed by atoms with Crippen LogP contribution in [0, 0.1) is 0 Å². The highest BCUT2D eigenvalue weighted by Crippen LogP contribution is 2.31. The number of aromatic nitrogens is 1. The fraction of sp³-hybridized carbons (Fsp3) is 0.200. The van der Waals surface area contributed by atoms with Crippen LogP contribution >= 0.6 is 11.3 Å². The molecule has 3 rings (SSSR count). The summed E-state index contributed by atoms with van der Waals surface area (Å²) < 4.78 is 10.2. The van der Waals surface area contributed by atoms with Crippen molar-refractivity contribution in [1.82, 2.24) is 9.88 Å². The third-order valence-corrected chi connectivity index (χ3v) is 4.79. The summed E-state index contributed by atoms with van der Waals surface area (Å²) in [6, 6.07) is 12.3. The molecule has 0 aliphatic rings. The molecule has 0 saturated carbocycles. The molecule has 1 N–H and O–H groups in total. The van der Waals surface area contributed by atoms with Crippen LogP contribution in [0.25, 0.3) is 11.3 Å². The highest BCUT2D eigenvalue weighted by Gasteiger charge is 2.22. The van der Waals surface area contributed by atoms with E-state index >= 15 is 0 Å². The number of rotatable bonds is 7. The van der Waals surface area contributed by atoms with Gasteiger partial charge in [-0.2, -0.15) is 0 Å². The fourth-order valence-corrected chi connectivity index (χ4v) is 3.43. The lowest BCUT2D eigenvalue weighted by Crippen LogP contribution is -2.34. The third kappa shape index (κ3) is 4.88. The summed E-state index contributed by atoms with van der Waals surface area (Å²) in [6.45, 7) is 1.75. The molecule has 2 aromatic heterocycles. The lowest BCUT2D eigenvalue weighted by Gasteiger charge is -2.14. The quantitative estimate of drug-likeness (QED) is 0.597. The van der Waals surface area contributed by atoms with Gasteiger partial charge in [0.25, 0.3) is 5.91 Å². The number of likely N-dealkylation sites (N-methyl/N-ethyl adjacent to an activating group) is 1. The van der Waals surface area contributed by atoms with Crippen molar-refractivity contribution < 1.29 is 23.5 Å². The van der Waals surface area contributed by atoms with Crippen LogP contribution in [0.15, 0.2) is 53.1 Å². The van der Waals surface area contributed by atoms with Crippen molar-refractivity contribution >= 4 is 34.3 Å². The number of hydrogen-bond acceptors (Lipinski definition) is 7. The van der Waals surface area contributed by atoms with Gasteiger partial charge >= 0.3 is 5.97 Å². The van der Waals surface area contributed by atoms with Crippen LogP contribution < -0.4 is 5.32 Å². The first kappa shape index (κ1) is 20.3. The molecule has 0 bridgehead atoms. The monoisotopic (exact) mass is 413 g/mol. The number of nitrogens with zero attached hydrogens (tertiary/aromatic N) is 2. The second-order valence-electron chi connectivity index (χ2n) is 5.97. The van der Waals surface area contributed by atoms with Crippen molar-refractivity contribution in [3.63, 3.8) is 0 Å². The molecule has 0 unspecified atom stereocenters. The Balaban J connectivity index is 1.75. The minimum absolute atomic E-state index is 0.144. The molecule has 2 amide bonds. The Morgan fingerprint density at radius 1 is 1.17 bits per heavy atom. The lowest BCUT2D eigenvalue weighted by atomic mass is 10.1. The molecule has 9 heteroatoms. The molecule has 0 aliphatic carbocycles. The van der Waals surface area contributed by atoms with Crippen molar-refractivity contribution in [1.29, 1.82) is 0 Å². The first-order valence-corrected chi connectivity index (χ1v) is 9.63. The molecule has 0 fully saturated rings. The molecule has 29 heavy (non-hydrogen) atoms. The number of carbonyl (C=O) groups excluding carboxylic acids is 3. The van der Waals surface area contributed by atoms with E-state index in [-0.39, 0.29) is 24.0 Å². The molecular weight excluding hydrogens is 394 g/mol. The van der Waals surface area contributed by atoms with Gasteiger partial charge in [0.1, 0.15) is 11.4 Å². The maximum Gasteiger partial charge on any atom is 0.350 e. The summed E-state index contributed by atoms with van der Waals surface area (Å²) in [5, 5.41) is 2.88. The Morgan fingerprint density at radius 3 is 2.59 bits per heavy atom. The van der Waals surface area contributed by atoms with Crippen LogP contribution in [0.5, 0.6) is 0 Å². The number of hydrogen-bond donors (Lipinski definition) is 1. The number of benzene rings is 1. The first-order chi connectivity index (χ1) is 14.0. The van der Waals surface area contributed by atoms with E-state index in [4.69, 9.17) is 9.15 Å². The highest BCUT2D eigenvalue weighted by molar-refractivity contribution is 7.18. The average Bonchev–Trinajstić information content (AvgIpc) is 3.38. The second-order valence-corrected chi connectivity index (χ2v) is 6.97. The molecule has 0 radical (unpaired) electrons. The lowest BCUT2D eigenvalue weighted by molar-refractivity contribution is -0.116. The van der Waals surface area contributed by atoms with Crippen molar-refractivity contribution in [2.45, 2.75) is 6.92 Å². The summed E-state index contributed by atoms with van der Waals surface area (Å²) in [7, 11) is 1.49. The minimum Gasteiger partial charge on any atom is -0.462 e. The zero-order chi connectivity index (χ0) is 20.8. The van der Waals surface area contributed by atoms with E-state index in [0.717, 1.165) is 16.9 Å². The van der Waals surface area contributed by atoms with E-state index in [9.17, 15) is 14.4 Å². The normalized spacial score (nSPS) is 10.4. The molecular formula is C20H19N3O5S. The number of anilines is 1. The van der Waals surface area contributed by atoms with Crippen LogP contribution in [0.3, 0.4) is 0 Å². The van der Waals surface area contributed by atoms with Crippen molar-refractivity contribution in [3.05, 3.63) is 59.4 Å². The number of thiazole rings is 1. The zero-order valence-corrected chi connectivity index (χ0v) is 16.7.